The molecule has 0 fully saturated rings. The Balaban J connectivity index is 4.93. The zero-order valence-corrected chi connectivity index (χ0v) is 13.7. The van der Waals surface area contributed by atoms with Crippen LogP contribution >= 0.6 is 0 Å². The van der Waals surface area contributed by atoms with Crippen LogP contribution in [0.3, 0.4) is 0 Å². The molecule has 0 spiro atoms. The molecule has 0 aliphatic rings. The predicted octanol–water partition coefficient (Wildman–Crippen LogP) is 1.49. The Kier molecular flexibility index (Phi) is 8.42. The first kappa shape index (κ1) is 21.9. The highest BCUT2D eigenvalue weighted by atomic mass is 19.4. The van der Waals surface area contributed by atoms with Crippen molar-refractivity contribution in [2.45, 2.75) is 58.9 Å². The molecular formula is C14H20F3NO6. The van der Waals surface area contributed by atoms with E-state index in [0.29, 0.717) is 0 Å². The van der Waals surface area contributed by atoms with Crippen LogP contribution in [0.25, 0.3) is 0 Å². The second-order valence-corrected chi connectivity index (χ2v) is 5.66. The van der Waals surface area contributed by atoms with E-state index < -0.39 is 48.6 Å². The molecular weight excluding hydrogens is 335 g/mol. The van der Waals surface area contributed by atoms with Crippen molar-refractivity contribution in [3.8, 4) is 0 Å². The van der Waals surface area contributed by atoms with Crippen LogP contribution in [0.15, 0.2) is 0 Å². The summed E-state index contributed by atoms with van der Waals surface area (Å²) in [5.74, 6) is -5.87. The number of alkyl halides is 3. The molecule has 0 saturated carbocycles. The molecule has 1 N–H and O–H groups in total. The number of esters is 3. The van der Waals surface area contributed by atoms with Crippen LogP contribution < -0.4 is 5.32 Å². The lowest BCUT2D eigenvalue weighted by atomic mass is 10.1. The molecule has 138 valence electrons. The summed E-state index contributed by atoms with van der Waals surface area (Å²) in [4.78, 5) is 45.6. The van der Waals surface area contributed by atoms with Crippen LogP contribution in [0, 0.1) is 5.92 Å². The van der Waals surface area contributed by atoms with Gasteiger partial charge < -0.3 is 14.8 Å². The number of rotatable bonds is 7. The molecule has 0 unspecified atom stereocenters. The summed E-state index contributed by atoms with van der Waals surface area (Å²) in [5, 5.41) is 1.36. The number of carbonyl (C=O) groups is 4. The quantitative estimate of drug-likeness (QED) is 0.549. The van der Waals surface area contributed by atoms with Gasteiger partial charge in [-0.2, -0.15) is 13.2 Å². The number of halogens is 3. The van der Waals surface area contributed by atoms with E-state index in [2.05, 4.69) is 9.47 Å². The number of ether oxygens (including phenoxy) is 2. The van der Waals surface area contributed by atoms with Crippen molar-refractivity contribution >= 4 is 23.8 Å². The third-order valence-electron chi connectivity index (χ3n) is 2.37. The molecule has 0 heterocycles. The lowest BCUT2D eigenvalue weighted by molar-refractivity contribution is -0.177. The van der Waals surface area contributed by atoms with Gasteiger partial charge in [-0.05, 0) is 19.8 Å². The van der Waals surface area contributed by atoms with Crippen molar-refractivity contribution in [3.63, 3.8) is 0 Å². The van der Waals surface area contributed by atoms with Gasteiger partial charge in [-0.3, -0.25) is 14.4 Å². The third kappa shape index (κ3) is 9.11. The Bertz CT molecular complexity index is 487. The minimum atomic E-state index is -5.24. The molecule has 1 amide bonds. The minimum Gasteiger partial charge on any atom is -0.461 e. The fourth-order valence-electron chi connectivity index (χ4n) is 1.46. The monoisotopic (exact) mass is 355 g/mol. The van der Waals surface area contributed by atoms with Gasteiger partial charge in [0.15, 0.2) is 0 Å². The lowest BCUT2D eigenvalue weighted by Crippen LogP contribution is -2.49. The summed E-state index contributed by atoms with van der Waals surface area (Å²) >= 11 is 0. The molecule has 24 heavy (non-hydrogen) atoms. The van der Waals surface area contributed by atoms with Crippen molar-refractivity contribution in [2.75, 3.05) is 0 Å². The topological polar surface area (TPSA) is 98.8 Å². The summed E-state index contributed by atoms with van der Waals surface area (Å²) < 4.78 is 46.0. The smallest absolute Gasteiger partial charge is 0.461 e. The Morgan fingerprint density at radius 2 is 1.46 bits per heavy atom. The van der Waals surface area contributed by atoms with Crippen molar-refractivity contribution < 1.29 is 41.8 Å². The molecule has 0 aromatic rings. The summed E-state index contributed by atoms with van der Waals surface area (Å²) in [6.45, 7) is 6.26. The average molecular weight is 355 g/mol. The minimum absolute atomic E-state index is 0.0816. The van der Waals surface area contributed by atoms with Gasteiger partial charge in [0.05, 0.1) is 12.5 Å². The van der Waals surface area contributed by atoms with Crippen molar-refractivity contribution in [2.24, 2.45) is 5.92 Å². The van der Waals surface area contributed by atoms with Crippen LogP contribution in [-0.2, 0) is 28.7 Å². The second-order valence-electron chi connectivity index (χ2n) is 5.66. The lowest BCUT2D eigenvalue weighted by Gasteiger charge is -2.19. The van der Waals surface area contributed by atoms with Crippen LogP contribution in [0.1, 0.15) is 40.5 Å². The van der Waals surface area contributed by atoms with Gasteiger partial charge in [-0.1, -0.05) is 13.8 Å². The van der Waals surface area contributed by atoms with Crippen LogP contribution in [0.5, 0.6) is 0 Å². The largest absolute Gasteiger partial charge is 0.471 e. The van der Waals surface area contributed by atoms with Gasteiger partial charge >= 0.3 is 30.0 Å². The molecule has 0 rings (SSSR count). The number of hydrogen-bond donors (Lipinski definition) is 1. The number of hydrogen-bond acceptors (Lipinski definition) is 6. The van der Waals surface area contributed by atoms with Crippen molar-refractivity contribution in [1.29, 1.82) is 0 Å². The molecule has 0 aliphatic carbocycles. The van der Waals surface area contributed by atoms with Gasteiger partial charge in [0.25, 0.3) is 0 Å². The van der Waals surface area contributed by atoms with Gasteiger partial charge in [0, 0.05) is 6.42 Å². The molecule has 1 atom stereocenters. The van der Waals surface area contributed by atoms with E-state index in [4.69, 9.17) is 0 Å². The molecule has 7 nitrogen and oxygen atoms in total. The third-order valence-corrected chi connectivity index (χ3v) is 2.37. The fraction of sp³-hybridized carbons (Fsp3) is 0.714. The average Bonchev–Trinajstić information content (AvgIpc) is 2.34. The summed E-state index contributed by atoms with van der Waals surface area (Å²) in [6, 6.07) is -1.92. The number of carbonyl (C=O) groups excluding carboxylic acids is 4. The highest BCUT2D eigenvalue weighted by Gasteiger charge is 2.41. The summed E-state index contributed by atoms with van der Waals surface area (Å²) in [7, 11) is 0. The highest BCUT2D eigenvalue weighted by molar-refractivity contribution is 5.92. The number of nitrogens with one attached hydrogen (secondary N) is 1. The number of amides is 1. The first-order valence-electron chi connectivity index (χ1n) is 7.14. The van der Waals surface area contributed by atoms with Gasteiger partial charge in [-0.25, -0.2) is 4.79 Å². The maximum Gasteiger partial charge on any atom is 0.471 e. The maximum atomic E-state index is 12.3. The molecule has 0 bridgehead atoms. The first-order chi connectivity index (χ1) is 10.8. The Labute approximate surface area is 136 Å². The van der Waals surface area contributed by atoms with Gasteiger partial charge in [-0.15, -0.1) is 0 Å². The molecule has 0 saturated heterocycles. The van der Waals surface area contributed by atoms with Gasteiger partial charge in [0.2, 0.25) is 0 Å². The van der Waals surface area contributed by atoms with Crippen LogP contribution in [0.4, 0.5) is 13.2 Å². The Hall–Kier alpha value is -2.13. The highest BCUT2D eigenvalue weighted by Crippen LogP contribution is 2.15. The molecule has 10 heteroatoms. The van der Waals surface area contributed by atoms with Gasteiger partial charge in [0.1, 0.15) is 6.04 Å². The summed E-state index contributed by atoms with van der Waals surface area (Å²) in [6.07, 6.45) is -6.96. The second kappa shape index (κ2) is 9.24. The first-order valence-corrected chi connectivity index (χ1v) is 7.14. The standard InChI is InChI=1S/C14H20F3NO6/c1-7(2)5-10(19)24-11(20)6-9(12(21)23-8(3)4)18-13(22)14(15,16)17/h7-9H,5-6H2,1-4H3,(H,18,22)/t9-/m0/s1. The molecule has 0 radical (unpaired) electrons. The van der Waals surface area contributed by atoms with Crippen molar-refractivity contribution in [3.05, 3.63) is 0 Å². The van der Waals surface area contributed by atoms with E-state index in [1.807, 2.05) is 0 Å². The van der Waals surface area contributed by atoms with E-state index in [0.717, 1.165) is 0 Å². The van der Waals surface area contributed by atoms with E-state index in [9.17, 15) is 32.3 Å². The predicted molar refractivity (Wildman–Crippen MR) is 74.4 cm³/mol. The SMILES string of the molecule is CC(C)CC(=O)OC(=O)C[C@H](NC(=O)C(F)(F)F)C(=O)OC(C)C. The summed E-state index contributed by atoms with van der Waals surface area (Å²) in [5.41, 5.74) is 0. The molecule has 0 aliphatic heterocycles. The zero-order valence-electron chi connectivity index (χ0n) is 13.7. The molecule has 0 aromatic carbocycles. The van der Waals surface area contributed by atoms with E-state index in [-0.39, 0.29) is 12.3 Å². The van der Waals surface area contributed by atoms with Crippen molar-refractivity contribution in [1.82, 2.24) is 5.32 Å². The zero-order chi connectivity index (χ0) is 19.1. The Morgan fingerprint density at radius 1 is 0.958 bits per heavy atom. The van der Waals surface area contributed by atoms with Crippen LogP contribution in [-0.4, -0.2) is 42.1 Å². The fourth-order valence-corrected chi connectivity index (χ4v) is 1.46. The molecule has 0 aromatic heterocycles. The Morgan fingerprint density at radius 3 is 1.88 bits per heavy atom. The normalized spacial score (nSPS) is 12.7. The van der Waals surface area contributed by atoms with E-state index in [1.165, 1.54) is 19.2 Å². The van der Waals surface area contributed by atoms with Crippen LogP contribution in [0.2, 0.25) is 0 Å². The van der Waals surface area contributed by atoms with E-state index >= 15 is 0 Å². The van der Waals surface area contributed by atoms with E-state index in [1.54, 1.807) is 13.8 Å². The maximum absolute atomic E-state index is 12.3.